The maximum Gasteiger partial charge on any atom is 0.323 e. The standard InChI is InChI=1S/C21H32N2O4/c1-16-12-17(2)14-20(13-16)27-11-5-9-22-8-4-6-19(7-10-22)23(18(3)24)15-21(25)26/h12-14,19H,4-11,15H2,1-3H3,(H,25,26). The number of ether oxygens (including phenoxy) is 1. The largest absolute Gasteiger partial charge is 0.494 e. The Hall–Kier alpha value is -2.08. The molecule has 6 heteroatoms. The smallest absolute Gasteiger partial charge is 0.323 e. The topological polar surface area (TPSA) is 70.1 Å². The zero-order valence-corrected chi connectivity index (χ0v) is 16.7. The SMILES string of the molecule is CC(=O)N(CC(=O)O)C1CCCN(CCCOc2cc(C)cc(C)c2)CC1. The van der Waals surface area contributed by atoms with Crippen molar-refractivity contribution in [3.05, 3.63) is 29.3 Å². The van der Waals surface area contributed by atoms with Crippen LogP contribution in [0, 0.1) is 13.8 Å². The summed E-state index contributed by atoms with van der Waals surface area (Å²) in [6, 6.07) is 6.27. The molecule has 1 N–H and O–H groups in total. The first-order valence-corrected chi connectivity index (χ1v) is 9.77. The van der Waals surface area contributed by atoms with Crippen LogP contribution in [0.4, 0.5) is 0 Å². The molecular formula is C21H32N2O4. The second kappa shape index (κ2) is 10.3. The lowest BCUT2D eigenvalue weighted by molar-refractivity contribution is -0.145. The lowest BCUT2D eigenvalue weighted by atomic mass is 10.1. The Kier molecular flexibility index (Phi) is 8.10. The molecule has 0 spiro atoms. The van der Waals surface area contributed by atoms with Gasteiger partial charge in [-0.15, -0.1) is 0 Å². The van der Waals surface area contributed by atoms with E-state index in [0.717, 1.165) is 51.1 Å². The molecule has 1 fully saturated rings. The normalized spacial score (nSPS) is 18.0. The minimum absolute atomic E-state index is 0.0233. The molecule has 0 aromatic heterocycles. The van der Waals surface area contributed by atoms with E-state index in [1.54, 1.807) is 0 Å². The molecule has 1 atom stereocenters. The molecule has 1 aliphatic rings. The first kappa shape index (κ1) is 21.2. The molecule has 0 bridgehead atoms. The van der Waals surface area contributed by atoms with Crippen molar-refractivity contribution in [2.24, 2.45) is 0 Å². The zero-order chi connectivity index (χ0) is 19.8. The third-order valence-electron chi connectivity index (χ3n) is 5.02. The van der Waals surface area contributed by atoms with Crippen LogP contribution in [0.1, 0.15) is 43.7 Å². The van der Waals surface area contributed by atoms with Crippen LogP contribution in [0.25, 0.3) is 0 Å². The van der Waals surface area contributed by atoms with Gasteiger partial charge in [-0.25, -0.2) is 0 Å². The maximum atomic E-state index is 11.8. The molecule has 2 rings (SSSR count). The van der Waals surface area contributed by atoms with Gasteiger partial charge >= 0.3 is 5.97 Å². The van der Waals surface area contributed by atoms with Crippen LogP contribution in [0.2, 0.25) is 0 Å². The molecule has 1 aliphatic heterocycles. The number of carboxylic acid groups (broad SMARTS) is 1. The number of carbonyl (C=O) groups excluding carboxylic acids is 1. The number of aryl methyl sites for hydroxylation is 2. The summed E-state index contributed by atoms with van der Waals surface area (Å²) in [5.74, 6) is -0.179. The van der Waals surface area contributed by atoms with Crippen LogP contribution in [-0.4, -0.2) is 65.6 Å². The number of carbonyl (C=O) groups is 2. The summed E-state index contributed by atoms with van der Waals surface area (Å²) in [4.78, 5) is 26.7. The minimum atomic E-state index is -0.949. The molecule has 1 unspecified atom stereocenters. The van der Waals surface area contributed by atoms with Crippen LogP contribution in [-0.2, 0) is 9.59 Å². The molecule has 1 heterocycles. The van der Waals surface area contributed by atoms with Gasteiger partial charge in [0.1, 0.15) is 12.3 Å². The quantitative estimate of drug-likeness (QED) is 0.707. The monoisotopic (exact) mass is 376 g/mol. The van der Waals surface area contributed by atoms with Crippen molar-refractivity contribution >= 4 is 11.9 Å². The average Bonchev–Trinajstić information content (AvgIpc) is 2.81. The molecular weight excluding hydrogens is 344 g/mol. The summed E-state index contributed by atoms with van der Waals surface area (Å²) in [7, 11) is 0. The second-order valence-electron chi connectivity index (χ2n) is 7.49. The summed E-state index contributed by atoms with van der Waals surface area (Å²) in [6.07, 6.45) is 3.61. The highest BCUT2D eigenvalue weighted by atomic mass is 16.5. The van der Waals surface area contributed by atoms with E-state index in [2.05, 4.69) is 36.9 Å². The van der Waals surface area contributed by atoms with Crippen molar-refractivity contribution in [1.29, 1.82) is 0 Å². The summed E-state index contributed by atoms with van der Waals surface area (Å²) in [5, 5.41) is 9.04. The fourth-order valence-corrected chi connectivity index (χ4v) is 3.81. The number of hydrogen-bond acceptors (Lipinski definition) is 4. The van der Waals surface area contributed by atoms with E-state index < -0.39 is 5.97 Å². The third-order valence-corrected chi connectivity index (χ3v) is 5.02. The Morgan fingerprint density at radius 2 is 1.89 bits per heavy atom. The molecule has 27 heavy (non-hydrogen) atoms. The molecule has 1 aromatic carbocycles. The minimum Gasteiger partial charge on any atom is -0.494 e. The Balaban J connectivity index is 1.75. The van der Waals surface area contributed by atoms with Gasteiger partial charge in [-0.3, -0.25) is 9.59 Å². The zero-order valence-electron chi connectivity index (χ0n) is 16.7. The summed E-state index contributed by atoms with van der Waals surface area (Å²) in [5.41, 5.74) is 2.42. The van der Waals surface area contributed by atoms with Gasteiger partial charge in [-0.05, 0) is 69.3 Å². The number of hydrogen-bond donors (Lipinski definition) is 1. The fraction of sp³-hybridized carbons (Fsp3) is 0.619. The van der Waals surface area contributed by atoms with Crippen molar-refractivity contribution in [3.8, 4) is 5.75 Å². The van der Waals surface area contributed by atoms with E-state index in [4.69, 9.17) is 9.84 Å². The molecule has 1 aromatic rings. The maximum absolute atomic E-state index is 11.8. The number of rotatable bonds is 8. The highest BCUT2D eigenvalue weighted by molar-refractivity contribution is 5.79. The van der Waals surface area contributed by atoms with Crippen molar-refractivity contribution in [2.75, 3.05) is 32.8 Å². The van der Waals surface area contributed by atoms with Gasteiger partial charge in [0, 0.05) is 26.1 Å². The highest BCUT2D eigenvalue weighted by Gasteiger charge is 2.25. The number of carboxylic acids is 1. The van der Waals surface area contributed by atoms with Crippen LogP contribution >= 0.6 is 0 Å². The summed E-state index contributed by atoms with van der Waals surface area (Å²) >= 11 is 0. The van der Waals surface area contributed by atoms with Gasteiger partial charge in [0.15, 0.2) is 0 Å². The molecule has 150 valence electrons. The molecule has 6 nitrogen and oxygen atoms in total. The first-order valence-electron chi connectivity index (χ1n) is 9.77. The molecule has 1 amide bonds. The second-order valence-corrected chi connectivity index (χ2v) is 7.49. The van der Waals surface area contributed by atoms with E-state index in [9.17, 15) is 9.59 Å². The molecule has 0 radical (unpaired) electrons. The molecule has 1 saturated heterocycles. The van der Waals surface area contributed by atoms with E-state index in [1.807, 2.05) is 0 Å². The Morgan fingerprint density at radius 3 is 2.52 bits per heavy atom. The Bertz CT molecular complexity index is 627. The van der Waals surface area contributed by atoms with Gasteiger partial charge in [-0.2, -0.15) is 0 Å². The predicted octanol–water partition coefficient (Wildman–Crippen LogP) is 2.86. The number of nitrogens with zero attached hydrogens (tertiary/aromatic N) is 2. The first-order chi connectivity index (χ1) is 12.8. The summed E-state index contributed by atoms with van der Waals surface area (Å²) < 4.78 is 5.88. The number of likely N-dealkylation sites (tertiary alicyclic amines) is 1. The van der Waals surface area contributed by atoms with Crippen molar-refractivity contribution in [3.63, 3.8) is 0 Å². The van der Waals surface area contributed by atoms with Gasteiger partial charge in [-0.1, -0.05) is 6.07 Å². The van der Waals surface area contributed by atoms with Crippen molar-refractivity contribution in [2.45, 2.75) is 52.5 Å². The molecule has 0 aliphatic carbocycles. The van der Waals surface area contributed by atoms with Crippen LogP contribution in [0.15, 0.2) is 18.2 Å². The van der Waals surface area contributed by atoms with E-state index in [1.165, 1.54) is 23.0 Å². The number of amides is 1. The van der Waals surface area contributed by atoms with Gasteiger partial charge in [0.05, 0.1) is 6.61 Å². The van der Waals surface area contributed by atoms with E-state index in [0.29, 0.717) is 6.61 Å². The van der Waals surface area contributed by atoms with Gasteiger partial charge < -0.3 is 19.6 Å². The van der Waals surface area contributed by atoms with Crippen LogP contribution < -0.4 is 4.74 Å². The Morgan fingerprint density at radius 1 is 1.19 bits per heavy atom. The lowest BCUT2D eigenvalue weighted by Gasteiger charge is -2.29. The predicted molar refractivity (Wildman–Crippen MR) is 105 cm³/mol. The van der Waals surface area contributed by atoms with Crippen LogP contribution in [0.5, 0.6) is 5.75 Å². The Labute approximate surface area is 162 Å². The summed E-state index contributed by atoms with van der Waals surface area (Å²) in [6.45, 7) is 8.90. The fourth-order valence-electron chi connectivity index (χ4n) is 3.81. The van der Waals surface area contributed by atoms with Gasteiger partial charge in [0.25, 0.3) is 0 Å². The lowest BCUT2D eigenvalue weighted by Crippen LogP contribution is -2.42. The van der Waals surface area contributed by atoms with E-state index in [-0.39, 0.29) is 18.5 Å². The van der Waals surface area contributed by atoms with Crippen LogP contribution in [0.3, 0.4) is 0 Å². The number of aliphatic carboxylic acids is 1. The number of benzene rings is 1. The highest BCUT2D eigenvalue weighted by Crippen LogP contribution is 2.18. The molecule has 0 saturated carbocycles. The third kappa shape index (κ3) is 7.21. The van der Waals surface area contributed by atoms with Crippen molar-refractivity contribution in [1.82, 2.24) is 9.80 Å². The van der Waals surface area contributed by atoms with E-state index >= 15 is 0 Å². The van der Waals surface area contributed by atoms with Gasteiger partial charge in [0.2, 0.25) is 5.91 Å². The van der Waals surface area contributed by atoms with Crippen molar-refractivity contribution < 1.29 is 19.4 Å². The average molecular weight is 376 g/mol.